The summed E-state index contributed by atoms with van der Waals surface area (Å²) in [5, 5.41) is 15.8. The van der Waals surface area contributed by atoms with Gasteiger partial charge in [-0.2, -0.15) is 0 Å². The molecule has 0 aromatic carbocycles. The van der Waals surface area contributed by atoms with Crippen LogP contribution in [-0.4, -0.2) is 25.1 Å². The molecule has 0 aliphatic heterocycles. The minimum atomic E-state index is -0.400. The number of rotatable bonds is 1. The molecule has 0 fully saturated rings. The van der Waals surface area contributed by atoms with Crippen molar-refractivity contribution in [2.75, 3.05) is 0 Å². The number of hydrogen-bond acceptors (Lipinski definition) is 2. The van der Waals surface area contributed by atoms with Crippen molar-refractivity contribution < 1.29 is 5.11 Å². The second-order valence-corrected chi connectivity index (χ2v) is 3.12. The van der Waals surface area contributed by atoms with Crippen LogP contribution in [0, 0.1) is 10.2 Å². The summed E-state index contributed by atoms with van der Waals surface area (Å²) in [5.74, 6) is 0. The standard InChI is InChI=1S/C3H5NOSe/c1-3(5)6-2-4/h3,5H,1H3. The van der Waals surface area contributed by atoms with Gasteiger partial charge in [0.05, 0.1) is 0 Å². The van der Waals surface area contributed by atoms with E-state index in [9.17, 15) is 0 Å². The third-order valence-electron chi connectivity index (χ3n) is 0.223. The molecule has 0 saturated heterocycles. The van der Waals surface area contributed by atoms with Gasteiger partial charge >= 0.3 is 42.2 Å². The summed E-state index contributed by atoms with van der Waals surface area (Å²) in [6, 6.07) is 0. The van der Waals surface area contributed by atoms with Gasteiger partial charge in [-0.25, -0.2) is 0 Å². The van der Waals surface area contributed by atoms with Crippen molar-refractivity contribution in [1.82, 2.24) is 0 Å². The van der Waals surface area contributed by atoms with Crippen LogP contribution >= 0.6 is 0 Å². The molecule has 6 heavy (non-hydrogen) atoms. The Kier molecular flexibility index (Phi) is 3.15. The molecule has 0 amide bonds. The van der Waals surface area contributed by atoms with Gasteiger partial charge in [-0.1, -0.05) is 0 Å². The fourth-order valence-electron chi connectivity index (χ4n) is 0.0763. The normalized spacial score (nSPS) is 12.8. The van der Waals surface area contributed by atoms with Crippen LogP contribution in [0.25, 0.3) is 0 Å². The first-order valence-corrected chi connectivity index (χ1v) is 3.34. The van der Waals surface area contributed by atoms with E-state index in [0.717, 1.165) is 0 Å². The van der Waals surface area contributed by atoms with E-state index in [2.05, 4.69) is 0 Å². The fraction of sp³-hybridized carbons (Fsp3) is 0.667. The van der Waals surface area contributed by atoms with Gasteiger partial charge in [-0.15, -0.1) is 0 Å². The molecule has 1 unspecified atom stereocenters. The molecule has 2 nitrogen and oxygen atoms in total. The Labute approximate surface area is 42.9 Å². The molecule has 0 aliphatic rings. The SMILES string of the molecule is CC(O)[Se]C#N. The van der Waals surface area contributed by atoms with Gasteiger partial charge in [0.1, 0.15) is 0 Å². The number of nitriles is 1. The predicted molar refractivity (Wildman–Crippen MR) is 23.0 cm³/mol. The van der Waals surface area contributed by atoms with Crippen LogP contribution in [0.3, 0.4) is 0 Å². The molecule has 0 rings (SSSR count). The quantitative estimate of drug-likeness (QED) is 0.512. The molecule has 0 radical (unpaired) electrons. The average Bonchev–Trinajstić information content (AvgIpc) is 1.35. The number of nitrogens with zero attached hydrogens (tertiary/aromatic N) is 1. The van der Waals surface area contributed by atoms with Gasteiger partial charge in [0.25, 0.3) is 0 Å². The molecular formula is C3H5NOSe. The number of aliphatic hydroxyl groups excluding tert-OH is 1. The molecule has 0 saturated carbocycles. The van der Waals surface area contributed by atoms with Crippen LogP contribution in [0.1, 0.15) is 6.92 Å². The maximum atomic E-state index is 8.36. The fourth-order valence-corrected chi connectivity index (χ4v) is 0.396. The summed E-state index contributed by atoms with van der Waals surface area (Å²) in [4.78, 5) is 1.88. The van der Waals surface area contributed by atoms with Crippen molar-refractivity contribution in [2.45, 2.75) is 11.9 Å². The summed E-state index contributed by atoms with van der Waals surface area (Å²) in [6.45, 7) is 1.61. The first-order valence-electron chi connectivity index (χ1n) is 1.50. The van der Waals surface area contributed by atoms with Gasteiger partial charge < -0.3 is 0 Å². The maximum absolute atomic E-state index is 8.36. The van der Waals surface area contributed by atoms with Crippen LogP contribution in [0.2, 0.25) is 0 Å². The van der Waals surface area contributed by atoms with Crippen molar-refractivity contribution in [3.05, 3.63) is 0 Å². The Hall–Kier alpha value is -0.0305. The van der Waals surface area contributed by atoms with Crippen molar-refractivity contribution in [3.63, 3.8) is 0 Å². The minimum absolute atomic E-state index is 0.222. The molecule has 0 aromatic heterocycles. The van der Waals surface area contributed by atoms with E-state index in [4.69, 9.17) is 10.4 Å². The van der Waals surface area contributed by atoms with Crippen LogP contribution in [-0.2, 0) is 0 Å². The Bertz CT molecular complexity index is 65.7. The van der Waals surface area contributed by atoms with Crippen molar-refractivity contribution in [3.8, 4) is 4.97 Å². The molecule has 34 valence electrons. The third kappa shape index (κ3) is 3.97. The summed E-state index contributed by atoms with van der Waals surface area (Å²) in [6.07, 6.45) is 0. The Morgan fingerprint density at radius 1 is 2.00 bits per heavy atom. The van der Waals surface area contributed by atoms with E-state index < -0.39 is 5.00 Å². The summed E-state index contributed by atoms with van der Waals surface area (Å²) in [5.41, 5.74) is 0. The zero-order valence-corrected chi connectivity index (χ0v) is 5.09. The Balaban J connectivity index is 2.88. The van der Waals surface area contributed by atoms with Crippen molar-refractivity contribution >= 4 is 15.0 Å². The summed E-state index contributed by atoms with van der Waals surface area (Å²) < 4.78 is 0. The average molecular weight is 150 g/mol. The van der Waals surface area contributed by atoms with Crippen LogP contribution in [0.5, 0.6) is 0 Å². The molecule has 0 bridgehead atoms. The molecular weight excluding hydrogens is 145 g/mol. The summed E-state index contributed by atoms with van der Waals surface area (Å²) in [7, 11) is 0. The van der Waals surface area contributed by atoms with Crippen LogP contribution in [0.15, 0.2) is 0 Å². The van der Waals surface area contributed by atoms with Crippen LogP contribution < -0.4 is 0 Å². The van der Waals surface area contributed by atoms with Gasteiger partial charge in [0.2, 0.25) is 0 Å². The van der Waals surface area contributed by atoms with Gasteiger partial charge in [0, 0.05) is 0 Å². The molecule has 0 spiro atoms. The second kappa shape index (κ2) is 3.17. The van der Waals surface area contributed by atoms with Crippen LogP contribution in [0.4, 0.5) is 0 Å². The molecule has 1 atom stereocenters. The first kappa shape index (κ1) is 5.97. The van der Waals surface area contributed by atoms with E-state index in [1.807, 2.05) is 4.97 Å². The summed E-state index contributed by atoms with van der Waals surface area (Å²) >= 11 is -0.222. The van der Waals surface area contributed by atoms with Gasteiger partial charge in [-0.05, 0) is 0 Å². The van der Waals surface area contributed by atoms with E-state index in [-0.39, 0.29) is 15.0 Å². The molecule has 3 heteroatoms. The molecule has 0 heterocycles. The molecule has 1 N–H and O–H groups in total. The number of hydrogen-bond donors (Lipinski definition) is 1. The Morgan fingerprint density at radius 2 is 2.50 bits per heavy atom. The van der Waals surface area contributed by atoms with E-state index in [0.29, 0.717) is 0 Å². The first-order chi connectivity index (χ1) is 2.77. The predicted octanol–water partition coefficient (Wildman–Crippen LogP) is -0.490. The van der Waals surface area contributed by atoms with Crippen molar-refractivity contribution in [1.29, 1.82) is 5.26 Å². The van der Waals surface area contributed by atoms with E-state index in [1.54, 1.807) is 6.92 Å². The monoisotopic (exact) mass is 151 g/mol. The number of aliphatic hydroxyl groups is 1. The molecule has 0 aliphatic carbocycles. The van der Waals surface area contributed by atoms with Crippen molar-refractivity contribution in [2.24, 2.45) is 0 Å². The van der Waals surface area contributed by atoms with E-state index in [1.165, 1.54) is 0 Å². The Morgan fingerprint density at radius 3 is 2.50 bits per heavy atom. The third-order valence-corrected chi connectivity index (χ3v) is 1.16. The van der Waals surface area contributed by atoms with E-state index >= 15 is 0 Å². The molecule has 0 aromatic rings. The topological polar surface area (TPSA) is 44.0 Å². The van der Waals surface area contributed by atoms with Gasteiger partial charge in [0.15, 0.2) is 0 Å². The zero-order chi connectivity index (χ0) is 4.99. The zero-order valence-electron chi connectivity index (χ0n) is 3.38. The van der Waals surface area contributed by atoms with Gasteiger partial charge in [-0.3, -0.25) is 0 Å². The second-order valence-electron chi connectivity index (χ2n) is 0.808.